The van der Waals surface area contributed by atoms with Gasteiger partial charge in [0.2, 0.25) is 9.84 Å². The second-order valence-electron chi connectivity index (χ2n) is 7.47. The fourth-order valence-electron chi connectivity index (χ4n) is 3.30. The van der Waals surface area contributed by atoms with Gasteiger partial charge in [-0.15, -0.1) is 0 Å². The van der Waals surface area contributed by atoms with Gasteiger partial charge in [-0.1, -0.05) is 47.5 Å². The number of sulfone groups is 1. The standard InChI is InChI=1S/C24H23Cl2NO5S.Na.H/c25-18-5-1-4-17(13-18)23(28)15-27-12-2-3-16-6-8-19(9-7-16)33(31,32)20-10-11-21(24(29)30)22(26)14-20;;/h1,4-11,13-14,23,27-28H,2-3,12,15H2,(H,29,30);;/t23-;;/m1../s1. The number of aromatic carboxylic acids is 1. The molecule has 34 heavy (non-hydrogen) atoms. The summed E-state index contributed by atoms with van der Waals surface area (Å²) in [7, 11) is -3.82. The zero-order valence-electron chi connectivity index (χ0n) is 17.5. The van der Waals surface area contributed by atoms with E-state index in [9.17, 15) is 18.3 Å². The molecule has 3 N–H and O–H groups in total. The van der Waals surface area contributed by atoms with E-state index in [-0.39, 0.29) is 49.9 Å². The van der Waals surface area contributed by atoms with Gasteiger partial charge in [-0.25, -0.2) is 13.2 Å². The van der Waals surface area contributed by atoms with Gasteiger partial charge in [0.15, 0.2) is 0 Å². The van der Waals surface area contributed by atoms with Gasteiger partial charge >= 0.3 is 35.5 Å². The number of carboxylic acids is 1. The average Bonchev–Trinajstić information content (AvgIpc) is 2.78. The minimum absolute atomic E-state index is 0. The second kappa shape index (κ2) is 13.0. The molecule has 0 bridgehead atoms. The number of halogens is 2. The number of benzene rings is 3. The van der Waals surface area contributed by atoms with Gasteiger partial charge < -0.3 is 15.5 Å². The molecular weight excluding hydrogens is 508 g/mol. The Kier molecular flexibility index (Phi) is 11.1. The van der Waals surface area contributed by atoms with Crippen molar-refractivity contribution in [2.75, 3.05) is 13.1 Å². The summed E-state index contributed by atoms with van der Waals surface area (Å²) in [4.78, 5) is 11.1. The summed E-state index contributed by atoms with van der Waals surface area (Å²) >= 11 is 11.9. The number of aryl methyl sites for hydroxylation is 1. The number of hydrogen-bond acceptors (Lipinski definition) is 5. The summed E-state index contributed by atoms with van der Waals surface area (Å²) in [6.45, 7) is 1.09. The van der Waals surface area contributed by atoms with Crippen molar-refractivity contribution in [3.63, 3.8) is 0 Å². The molecule has 0 aliphatic rings. The number of carboxylic acid groups (broad SMARTS) is 1. The van der Waals surface area contributed by atoms with E-state index in [2.05, 4.69) is 5.32 Å². The van der Waals surface area contributed by atoms with Gasteiger partial charge in [-0.05, 0) is 73.0 Å². The number of aliphatic hydroxyl groups is 1. The summed E-state index contributed by atoms with van der Waals surface area (Å²) in [5, 5.41) is 22.9. The van der Waals surface area contributed by atoms with Gasteiger partial charge in [0.05, 0.1) is 26.5 Å². The van der Waals surface area contributed by atoms with E-state index in [4.69, 9.17) is 28.3 Å². The molecule has 0 spiro atoms. The molecule has 0 saturated carbocycles. The first-order valence-corrected chi connectivity index (χ1v) is 12.4. The van der Waals surface area contributed by atoms with E-state index < -0.39 is 21.9 Å². The van der Waals surface area contributed by atoms with E-state index >= 15 is 0 Å². The molecule has 6 nitrogen and oxygen atoms in total. The van der Waals surface area contributed by atoms with Crippen molar-refractivity contribution >= 4 is 68.6 Å². The van der Waals surface area contributed by atoms with E-state index in [0.717, 1.165) is 30.0 Å². The van der Waals surface area contributed by atoms with Crippen molar-refractivity contribution in [3.8, 4) is 0 Å². The molecule has 176 valence electrons. The Morgan fingerprint density at radius 3 is 2.26 bits per heavy atom. The number of aliphatic hydroxyl groups excluding tert-OH is 1. The van der Waals surface area contributed by atoms with E-state index in [1.807, 2.05) is 6.07 Å². The molecular formula is C24H24Cl2NNaO5S. The number of nitrogens with one attached hydrogen (secondary N) is 1. The topological polar surface area (TPSA) is 104 Å². The summed E-state index contributed by atoms with van der Waals surface area (Å²) in [6, 6.07) is 17.2. The Hall–Kier alpha value is -1.42. The Bertz CT molecular complexity index is 1240. The third-order valence-electron chi connectivity index (χ3n) is 5.11. The molecule has 0 saturated heterocycles. The third-order valence-corrected chi connectivity index (χ3v) is 7.42. The molecule has 3 rings (SSSR count). The SMILES string of the molecule is O=C(O)c1ccc(S(=O)(=O)c2ccc(CCCNC[C@@H](O)c3cccc(Cl)c3)cc2)cc1Cl.[NaH]. The first-order chi connectivity index (χ1) is 15.7. The van der Waals surface area contributed by atoms with E-state index in [0.29, 0.717) is 18.1 Å². The van der Waals surface area contributed by atoms with Crippen LogP contribution in [0.5, 0.6) is 0 Å². The third kappa shape index (κ3) is 7.54. The van der Waals surface area contributed by atoms with Gasteiger partial charge in [0.25, 0.3) is 0 Å². The minimum atomic E-state index is -3.82. The van der Waals surface area contributed by atoms with Crippen molar-refractivity contribution in [1.82, 2.24) is 5.32 Å². The van der Waals surface area contributed by atoms with Crippen LogP contribution in [0.4, 0.5) is 0 Å². The Morgan fingerprint density at radius 1 is 0.971 bits per heavy atom. The predicted octanol–water partition coefficient (Wildman–Crippen LogP) is 4.13. The molecule has 0 radical (unpaired) electrons. The van der Waals surface area contributed by atoms with Gasteiger partial charge in [-0.2, -0.15) is 0 Å². The first-order valence-electron chi connectivity index (χ1n) is 10.2. The van der Waals surface area contributed by atoms with Crippen LogP contribution in [0.15, 0.2) is 76.5 Å². The molecule has 0 amide bonds. The molecule has 0 unspecified atom stereocenters. The quantitative estimate of drug-likeness (QED) is 0.268. The molecule has 0 aromatic heterocycles. The van der Waals surface area contributed by atoms with Crippen molar-refractivity contribution in [1.29, 1.82) is 0 Å². The zero-order valence-corrected chi connectivity index (χ0v) is 19.9. The summed E-state index contributed by atoms with van der Waals surface area (Å²) in [5.74, 6) is -1.22. The fraction of sp³-hybridized carbons (Fsp3) is 0.208. The van der Waals surface area contributed by atoms with Crippen LogP contribution in [0.1, 0.15) is 34.0 Å². The Labute approximate surface area is 231 Å². The number of hydrogen-bond donors (Lipinski definition) is 3. The molecule has 3 aromatic carbocycles. The second-order valence-corrected chi connectivity index (χ2v) is 10.3. The van der Waals surface area contributed by atoms with Gasteiger partial charge in [0, 0.05) is 11.6 Å². The molecule has 0 heterocycles. The van der Waals surface area contributed by atoms with Gasteiger partial charge in [-0.3, -0.25) is 0 Å². The van der Waals surface area contributed by atoms with Crippen LogP contribution < -0.4 is 5.32 Å². The summed E-state index contributed by atoms with van der Waals surface area (Å²) in [6.07, 6.45) is 0.895. The maximum absolute atomic E-state index is 12.8. The van der Waals surface area contributed by atoms with Crippen molar-refractivity contribution in [3.05, 3.63) is 93.5 Å². The van der Waals surface area contributed by atoms with Crippen LogP contribution in [-0.2, 0) is 16.3 Å². The van der Waals surface area contributed by atoms with E-state index in [1.54, 1.807) is 30.3 Å². The molecule has 3 aromatic rings. The van der Waals surface area contributed by atoms with Crippen LogP contribution >= 0.6 is 23.2 Å². The summed E-state index contributed by atoms with van der Waals surface area (Å²) in [5.41, 5.74) is 1.58. The zero-order chi connectivity index (χ0) is 24.0. The van der Waals surface area contributed by atoms with Crippen molar-refractivity contribution in [2.24, 2.45) is 0 Å². The maximum atomic E-state index is 12.8. The molecule has 0 fully saturated rings. The molecule has 10 heteroatoms. The Balaban J connectivity index is 0.00000408. The normalized spacial score (nSPS) is 12.1. The van der Waals surface area contributed by atoms with Crippen molar-refractivity contribution < 1.29 is 23.4 Å². The van der Waals surface area contributed by atoms with Gasteiger partial charge in [0.1, 0.15) is 0 Å². The fourth-order valence-corrected chi connectivity index (χ4v) is 5.11. The van der Waals surface area contributed by atoms with Crippen LogP contribution in [0.3, 0.4) is 0 Å². The molecule has 1 atom stereocenters. The first kappa shape index (κ1) is 28.8. The van der Waals surface area contributed by atoms with Crippen LogP contribution in [0, 0.1) is 0 Å². The average molecular weight is 532 g/mol. The monoisotopic (exact) mass is 531 g/mol. The molecule has 0 aliphatic carbocycles. The van der Waals surface area contributed by atoms with E-state index in [1.165, 1.54) is 24.3 Å². The van der Waals surface area contributed by atoms with Crippen molar-refractivity contribution in [2.45, 2.75) is 28.7 Å². The van der Waals surface area contributed by atoms with Crippen LogP contribution in [0.2, 0.25) is 10.0 Å². The number of rotatable bonds is 10. The predicted molar refractivity (Wildman–Crippen MR) is 135 cm³/mol. The molecule has 0 aliphatic heterocycles. The van der Waals surface area contributed by atoms with Crippen LogP contribution in [-0.4, -0.2) is 67.2 Å². The van der Waals surface area contributed by atoms with Crippen LogP contribution in [0.25, 0.3) is 0 Å². The summed E-state index contributed by atoms with van der Waals surface area (Å²) < 4.78 is 25.7. The Morgan fingerprint density at radius 2 is 1.65 bits per heavy atom. The number of carbonyl (C=O) groups is 1.